The van der Waals surface area contributed by atoms with E-state index in [2.05, 4.69) is 42.4 Å². The number of methoxy groups -OCH3 is 1. The van der Waals surface area contributed by atoms with E-state index in [9.17, 15) is 33.4 Å². The average molecular weight is 1390 g/mol. The number of pyridine rings is 3. The van der Waals surface area contributed by atoms with E-state index in [0.717, 1.165) is 126 Å². The normalized spacial score (nSPS) is 14.7. The van der Waals surface area contributed by atoms with Crippen molar-refractivity contribution in [1.82, 2.24) is 48.0 Å². The fraction of sp³-hybridized carbons (Fsp3) is 0.333. The average Bonchev–Trinajstić information content (AvgIpc) is 1.66. The van der Waals surface area contributed by atoms with Crippen molar-refractivity contribution in [3.05, 3.63) is 183 Å². The number of sulfonamides is 1. The van der Waals surface area contributed by atoms with Crippen LogP contribution in [0.3, 0.4) is 0 Å². The van der Waals surface area contributed by atoms with E-state index in [4.69, 9.17) is 53.1 Å². The second kappa shape index (κ2) is 36.9. The number of fused-ring (bicyclic) bond motifs is 2. The molecule has 0 spiro atoms. The first kappa shape index (κ1) is 76.1. The van der Waals surface area contributed by atoms with Crippen LogP contribution in [0.15, 0.2) is 150 Å². The number of imidazole rings is 2. The molecule has 3 aliphatic heterocycles. The van der Waals surface area contributed by atoms with Crippen LogP contribution in [-0.2, 0) is 28.6 Å². The SMILES string of the molecule is CB(O)N1CCC(Nc2nc(C)ccc2[N+](=O)[O-])CC1.CB(O)N1CCC(n2c(-c3ccccc3)nc3ccc(C)nc32)CC1.COc1ccc(S(=O)(=O)N2CCC(n3c(-c4ccccc4)nc4ccc(C)nc43)CC2)cc1Cl.O=Cc1ccccc1.O=S(=O)=S(=O)=O.[Na][Na]. The molecule has 3 saturated heterocycles. The Kier molecular flexibility index (Phi) is 29.6. The molecule has 0 atom stereocenters. The van der Waals surface area contributed by atoms with E-state index in [1.807, 2.05) is 117 Å². The zero-order valence-corrected chi connectivity index (χ0v) is 61.5. The van der Waals surface area contributed by atoms with Gasteiger partial charge in [0.2, 0.25) is 15.8 Å². The van der Waals surface area contributed by atoms with Crippen molar-refractivity contribution in [3.8, 4) is 28.5 Å². The molecule has 3 N–H and O–H groups in total. The number of carbonyl (C=O) groups is 1. The number of rotatable bonds is 13. The van der Waals surface area contributed by atoms with Gasteiger partial charge in [-0.3, -0.25) is 14.9 Å². The molecule has 0 unspecified atom stereocenters. The van der Waals surface area contributed by atoms with Gasteiger partial charge in [-0.2, -0.15) is 21.1 Å². The summed E-state index contributed by atoms with van der Waals surface area (Å²) >= 11 is 9.07. The van der Waals surface area contributed by atoms with E-state index in [1.54, 1.807) is 31.1 Å². The van der Waals surface area contributed by atoms with Crippen molar-refractivity contribution in [2.45, 2.75) is 96.0 Å². The summed E-state index contributed by atoms with van der Waals surface area (Å²) in [4.78, 5) is 48.4. The first-order valence-corrected chi connectivity index (χ1v) is 43.6. The quantitative estimate of drug-likeness (QED) is 0.0420. The van der Waals surface area contributed by atoms with Crippen molar-refractivity contribution in [2.24, 2.45) is 0 Å². The van der Waals surface area contributed by atoms with E-state index in [1.165, 1.54) is 73.2 Å². The Morgan fingerprint density at radius 3 is 1.44 bits per heavy atom. The van der Waals surface area contributed by atoms with Crippen LogP contribution in [0.5, 0.6) is 5.75 Å². The van der Waals surface area contributed by atoms with Crippen LogP contribution in [0.4, 0.5) is 11.5 Å². The second-order valence-electron chi connectivity index (χ2n) is 22.4. The number of aryl methyl sites for hydroxylation is 3. The standard InChI is InChI=1S/C25H25ClN4O3S.C19H23BN4O.C12H19BN4O3.C7H6O.2Na.O4S2/c1-17-8-10-22-25(27-17)30(24(28-22)18-6-4-3-5-7-18)19-12-14-29(15-13-19)34(31,32)20-9-11-23(33-2)21(26)16-20;1-14-8-9-17-19(21-14)24(16-10-12-23(13-11-16)20(2)25)18(22-17)15-6-4-3-5-7-15;1-9-3-4-11(17(19)20)12(14-9)15-10-5-7-16(8-6-10)13(2)18;8-6-7-4-2-1-3-5-7;;;1-5(2)6(3)4/h3-11,16,19H,12-15H2,1-2H3;3-9,16,25H,10-13H2,1-2H3;3-4,10,18H,5-8H2,1-2H3,(H,14,15);1-6H;;;. The van der Waals surface area contributed by atoms with Crippen LogP contribution in [-0.4, -0.2) is 205 Å². The van der Waals surface area contributed by atoms with Crippen molar-refractivity contribution in [3.63, 3.8) is 0 Å². The third-order valence-electron chi connectivity index (χ3n) is 16.0. The second-order valence-corrected chi connectivity index (χ2v) is 27.2. The number of piperidine rings is 3. The summed E-state index contributed by atoms with van der Waals surface area (Å²) in [5.41, 5.74) is 9.14. The molecule has 9 aromatic rings. The van der Waals surface area contributed by atoms with E-state index in [0.29, 0.717) is 43.5 Å². The Morgan fingerprint density at radius 1 is 0.621 bits per heavy atom. The van der Waals surface area contributed by atoms with Gasteiger partial charge in [0.25, 0.3) is 0 Å². The molecule has 0 bridgehead atoms. The number of anilines is 1. The molecule has 95 heavy (non-hydrogen) atoms. The van der Waals surface area contributed by atoms with Gasteiger partial charge >= 0.3 is 81.9 Å². The molecule has 0 radical (unpaired) electrons. The molecular weight excluding hydrogens is 1320 g/mol. The monoisotopic (exact) mass is 1390 g/mol. The summed E-state index contributed by atoms with van der Waals surface area (Å²) in [5, 5.41) is 33.8. The molecule has 3 fully saturated rings. The van der Waals surface area contributed by atoms with Gasteiger partial charge in [0.1, 0.15) is 34.7 Å². The summed E-state index contributed by atoms with van der Waals surface area (Å²) in [6.45, 7) is 13.5. The number of nitrogens with one attached hydrogen (secondary N) is 1. The maximum absolute atomic E-state index is 13.3. The van der Waals surface area contributed by atoms with Crippen LogP contribution in [0.1, 0.15) is 78.0 Å². The van der Waals surface area contributed by atoms with Gasteiger partial charge in [-0.05, 0) is 148 Å². The van der Waals surface area contributed by atoms with Crippen molar-refractivity contribution >= 4 is 138 Å². The van der Waals surface area contributed by atoms with Gasteiger partial charge in [-0.15, -0.1) is 0 Å². The first-order valence-electron chi connectivity index (χ1n) is 31.1. The van der Waals surface area contributed by atoms with Gasteiger partial charge in [0, 0.05) is 71.1 Å². The van der Waals surface area contributed by atoms with E-state index >= 15 is 0 Å². The van der Waals surface area contributed by atoms with Gasteiger partial charge in [0.05, 0.1) is 22.0 Å². The molecule has 490 valence electrons. The topological polar surface area (TPSA) is 308 Å². The minimum absolute atomic E-state index is 0.00792. The third-order valence-corrected chi connectivity index (χ3v) is 19.1. The van der Waals surface area contributed by atoms with Gasteiger partial charge in [-0.25, -0.2) is 33.3 Å². The minimum atomic E-state index is -3.66. The number of aromatic nitrogens is 7. The van der Waals surface area contributed by atoms with E-state index in [-0.39, 0.29) is 34.7 Å². The number of nitrogens with zero attached hydrogens (tertiary/aromatic N) is 11. The number of hydrogen-bond donors (Lipinski definition) is 3. The predicted molar refractivity (Wildman–Crippen MR) is 373 cm³/mol. The summed E-state index contributed by atoms with van der Waals surface area (Å²) in [6.07, 6.45) is 5.79. The van der Waals surface area contributed by atoms with Crippen LogP contribution < -0.4 is 10.1 Å². The Balaban J connectivity index is 0.000000185. The summed E-state index contributed by atoms with van der Waals surface area (Å²) < 4.78 is 74.1. The maximum atomic E-state index is 13.3. The molecule has 0 saturated carbocycles. The fourth-order valence-electron chi connectivity index (χ4n) is 11.2. The van der Waals surface area contributed by atoms with Crippen molar-refractivity contribution in [1.29, 1.82) is 0 Å². The number of aldehydes is 1. The van der Waals surface area contributed by atoms with Crippen LogP contribution in [0.25, 0.3) is 45.1 Å². The number of benzene rings is 4. The molecule has 0 amide bonds. The first-order chi connectivity index (χ1) is 45.6. The van der Waals surface area contributed by atoms with E-state index < -0.39 is 40.5 Å². The summed E-state index contributed by atoms with van der Waals surface area (Å²) in [7, 11) is -8.88. The molecule has 4 aromatic carbocycles. The van der Waals surface area contributed by atoms with Gasteiger partial charge < -0.3 is 38.9 Å². The van der Waals surface area contributed by atoms with Gasteiger partial charge in [-0.1, -0.05) is 103 Å². The Hall–Kier alpha value is -6.25. The Labute approximate surface area is 589 Å². The molecule has 8 heterocycles. The molecule has 3 aliphatic rings. The molecule has 32 heteroatoms. The third kappa shape index (κ3) is 20.9. The van der Waals surface area contributed by atoms with Crippen LogP contribution in [0, 0.1) is 30.9 Å². The summed E-state index contributed by atoms with van der Waals surface area (Å²) in [6, 6.07) is 45.8. The Bertz CT molecular complexity index is 4370. The number of halogens is 1. The number of carbonyl (C=O) groups excluding carboxylic acids is 1. The van der Waals surface area contributed by atoms with Crippen LogP contribution >= 0.6 is 11.6 Å². The van der Waals surface area contributed by atoms with Crippen molar-refractivity contribution in [2.75, 3.05) is 51.7 Å². The molecule has 12 rings (SSSR count). The summed E-state index contributed by atoms with van der Waals surface area (Å²) in [5.74, 6) is 2.63. The van der Waals surface area contributed by atoms with Crippen LogP contribution in [0.2, 0.25) is 18.7 Å². The zero-order chi connectivity index (χ0) is 68.9. The number of nitro groups is 1. The van der Waals surface area contributed by atoms with Gasteiger partial charge in [0.15, 0.2) is 11.3 Å². The molecular formula is C63H73B2ClN12Na2O12S3. The predicted octanol–water partition coefficient (Wildman–Crippen LogP) is 8.93. The fourth-order valence-corrected chi connectivity index (χ4v) is 13.0. The molecule has 0 aliphatic carbocycles. The molecule has 5 aromatic heterocycles. The zero-order valence-electron chi connectivity index (χ0n) is 54.3. The molecule has 24 nitrogen and oxygen atoms in total. The Morgan fingerprint density at radius 2 is 1.04 bits per heavy atom. The number of ether oxygens (including phenoxy) is 1. The van der Waals surface area contributed by atoms with Crippen molar-refractivity contribution < 1.29 is 49.8 Å². The number of hydrogen-bond acceptors (Lipinski definition) is 20.